The zero-order valence-electron chi connectivity index (χ0n) is 12.8. The van der Waals surface area contributed by atoms with Crippen molar-refractivity contribution in [2.75, 3.05) is 0 Å². The van der Waals surface area contributed by atoms with Crippen LogP contribution >= 0.6 is 0 Å². The Hall–Kier alpha value is -0.860. The fraction of sp³-hybridized carbons (Fsp3) is 0.667. The van der Waals surface area contributed by atoms with Crippen LogP contribution in [0.2, 0.25) is 0 Å². The minimum Gasteiger partial charge on any atom is -0.388 e. The highest BCUT2D eigenvalue weighted by atomic mass is 16.5. The van der Waals surface area contributed by atoms with E-state index in [1.54, 1.807) is 0 Å². The van der Waals surface area contributed by atoms with Crippen molar-refractivity contribution in [3.05, 3.63) is 35.4 Å². The molecule has 3 rings (SSSR count). The molecule has 5 atom stereocenters. The van der Waals surface area contributed by atoms with Gasteiger partial charge in [0, 0.05) is 5.92 Å². The van der Waals surface area contributed by atoms with Crippen LogP contribution < -0.4 is 0 Å². The van der Waals surface area contributed by atoms with Gasteiger partial charge in [0.1, 0.15) is 0 Å². The second kappa shape index (κ2) is 5.50. The lowest BCUT2D eigenvalue weighted by Gasteiger charge is -2.28. The quantitative estimate of drug-likeness (QED) is 0.901. The molecule has 0 amide bonds. The summed E-state index contributed by atoms with van der Waals surface area (Å²) in [6.07, 6.45) is 3.90. The van der Waals surface area contributed by atoms with Crippen molar-refractivity contribution in [1.29, 1.82) is 0 Å². The van der Waals surface area contributed by atoms with Crippen LogP contribution in [0.5, 0.6) is 0 Å². The average Bonchev–Trinajstić information content (AvgIpc) is 2.61. The van der Waals surface area contributed by atoms with Gasteiger partial charge in [0.2, 0.25) is 0 Å². The van der Waals surface area contributed by atoms with Gasteiger partial charge in [-0.2, -0.15) is 0 Å². The number of benzene rings is 1. The fourth-order valence-electron chi connectivity index (χ4n) is 3.80. The SMILES string of the molecule is CC1OC(C)C(C(O)c2cccc(C3CCC3)c2)C1C. The molecule has 1 heterocycles. The summed E-state index contributed by atoms with van der Waals surface area (Å²) in [6.45, 7) is 6.39. The zero-order valence-corrected chi connectivity index (χ0v) is 12.8. The highest BCUT2D eigenvalue weighted by Gasteiger charge is 2.41. The van der Waals surface area contributed by atoms with Crippen LogP contribution in [-0.2, 0) is 4.74 Å². The van der Waals surface area contributed by atoms with E-state index in [2.05, 4.69) is 45.0 Å². The number of hydrogen-bond acceptors (Lipinski definition) is 2. The molecule has 0 spiro atoms. The van der Waals surface area contributed by atoms with Crippen LogP contribution in [0.4, 0.5) is 0 Å². The molecule has 110 valence electrons. The van der Waals surface area contributed by atoms with Crippen molar-refractivity contribution in [2.24, 2.45) is 11.8 Å². The zero-order chi connectivity index (χ0) is 14.3. The van der Waals surface area contributed by atoms with Crippen LogP contribution in [0, 0.1) is 11.8 Å². The van der Waals surface area contributed by atoms with Gasteiger partial charge in [-0.3, -0.25) is 0 Å². The molecule has 2 aliphatic rings. The van der Waals surface area contributed by atoms with Crippen molar-refractivity contribution >= 4 is 0 Å². The second-order valence-corrected chi connectivity index (χ2v) is 6.73. The lowest BCUT2D eigenvalue weighted by molar-refractivity contribution is 0.0231. The lowest BCUT2D eigenvalue weighted by Crippen LogP contribution is -2.25. The summed E-state index contributed by atoms with van der Waals surface area (Å²) < 4.78 is 5.88. The van der Waals surface area contributed by atoms with Gasteiger partial charge in [-0.05, 0) is 49.7 Å². The molecule has 2 nitrogen and oxygen atoms in total. The van der Waals surface area contributed by atoms with E-state index in [-0.39, 0.29) is 18.1 Å². The number of hydrogen-bond donors (Lipinski definition) is 1. The number of rotatable bonds is 3. The molecule has 1 saturated heterocycles. The summed E-state index contributed by atoms with van der Waals surface area (Å²) >= 11 is 0. The van der Waals surface area contributed by atoms with Crippen molar-refractivity contribution in [3.63, 3.8) is 0 Å². The normalized spacial score (nSPS) is 35.8. The summed E-state index contributed by atoms with van der Waals surface area (Å²) in [7, 11) is 0. The maximum Gasteiger partial charge on any atom is 0.0846 e. The Morgan fingerprint density at radius 3 is 2.45 bits per heavy atom. The minimum atomic E-state index is -0.412. The molecule has 2 fully saturated rings. The van der Waals surface area contributed by atoms with E-state index in [9.17, 15) is 5.11 Å². The van der Waals surface area contributed by atoms with Crippen LogP contribution in [-0.4, -0.2) is 17.3 Å². The monoisotopic (exact) mass is 274 g/mol. The molecule has 1 saturated carbocycles. The molecule has 1 aliphatic heterocycles. The van der Waals surface area contributed by atoms with Gasteiger partial charge in [-0.15, -0.1) is 0 Å². The molecule has 1 aromatic rings. The van der Waals surface area contributed by atoms with Gasteiger partial charge < -0.3 is 9.84 Å². The third-order valence-electron chi connectivity index (χ3n) is 5.51. The topological polar surface area (TPSA) is 29.5 Å². The van der Waals surface area contributed by atoms with Crippen molar-refractivity contribution < 1.29 is 9.84 Å². The van der Waals surface area contributed by atoms with Gasteiger partial charge in [0.25, 0.3) is 0 Å². The number of aliphatic hydroxyl groups excluding tert-OH is 1. The predicted octanol–water partition coefficient (Wildman–Crippen LogP) is 4.05. The largest absolute Gasteiger partial charge is 0.388 e. The molecule has 20 heavy (non-hydrogen) atoms. The Bertz CT molecular complexity index is 466. The summed E-state index contributed by atoms with van der Waals surface area (Å²) in [5.74, 6) is 1.31. The first-order chi connectivity index (χ1) is 9.58. The van der Waals surface area contributed by atoms with E-state index in [1.165, 1.54) is 24.8 Å². The van der Waals surface area contributed by atoms with E-state index >= 15 is 0 Å². The number of aliphatic hydroxyl groups is 1. The second-order valence-electron chi connectivity index (χ2n) is 6.73. The van der Waals surface area contributed by atoms with E-state index in [4.69, 9.17) is 4.74 Å². The first-order valence-corrected chi connectivity index (χ1v) is 8.01. The molecule has 1 aliphatic carbocycles. The van der Waals surface area contributed by atoms with E-state index in [1.807, 2.05) is 0 Å². The lowest BCUT2D eigenvalue weighted by atomic mass is 9.78. The Morgan fingerprint density at radius 2 is 1.90 bits per heavy atom. The Kier molecular flexibility index (Phi) is 3.87. The predicted molar refractivity (Wildman–Crippen MR) is 80.7 cm³/mol. The molecule has 0 radical (unpaired) electrons. The van der Waals surface area contributed by atoms with Crippen LogP contribution in [0.15, 0.2) is 24.3 Å². The molecule has 1 aromatic carbocycles. The summed E-state index contributed by atoms with van der Waals surface area (Å²) in [6, 6.07) is 8.59. The standard InChI is InChI=1S/C18H26O2/c1-11-12(2)20-13(3)17(11)18(19)16-9-5-8-15(10-16)14-6-4-7-14/h5,8-14,17-19H,4,6-7H2,1-3H3. The van der Waals surface area contributed by atoms with Crippen LogP contribution in [0.25, 0.3) is 0 Å². The highest BCUT2D eigenvalue weighted by Crippen LogP contribution is 2.42. The summed E-state index contributed by atoms with van der Waals surface area (Å²) in [5.41, 5.74) is 2.47. The Balaban J connectivity index is 1.81. The average molecular weight is 274 g/mol. The molecule has 5 unspecified atom stereocenters. The molecule has 0 bridgehead atoms. The van der Waals surface area contributed by atoms with Gasteiger partial charge in [-0.25, -0.2) is 0 Å². The van der Waals surface area contributed by atoms with Crippen molar-refractivity contribution in [1.82, 2.24) is 0 Å². The van der Waals surface area contributed by atoms with Crippen LogP contribution in [0.3, 0.4) is 0 Å². The highest BCUT2D eigenvalue weighted by molar-refractivity contribution is 5.29. The summed E-state index contributed by atoms with van der Waals surface area (Å²) in [4.78, 5) is 0. The van der Waals surface area contributed by atoms with Gasteiger partial charge in [-0.1, -0.05) is 37.6 Å². The fourth-order valence-corrected chi connectivity index (χ4v) is 3.80. The molecule has 0 aromatic heterocycles. The smallest absolute Gasteiger partial charge is 0.0846 e. The Morgan fingerprint density at radius 1 is 1.15 bits per heavy atom. The van der Waals surface area contributed by atoms with Crippen molar-refractivity contribution in [3.8, 4) is 0 Å². The van der Waals surface area contributed by atoms with E-state index in [0.29, 0.717) is 5.92 Å². The molecule has 2 heteroatoms. The van der Waals surface area contributed by atoms with Crippen molar-refractivity contribution in [2.45, 2.75) is 64.3 Å². The third kappa shape index (κ3) is 2.40. The maximum atomic E-state index is 10.8. The first kappa shape index (κ1) is 14.1. The minimum absolute atomic E-state index is 0.127. The van der Waals surface area contributed by atoms with E-state index in [0.717, 1.165) is 11.5 Å². The Labute approximate surface area is 122 Å². The van der Waals surface area contributed by atoms with Gasteiger partial charge >= 0.3 is 0 Å². The number of ether oxygens (including phenoxy) is 1. The molecular formula is C18H26O2. The third-order valence-corrected chi connectivity index (χ3v) is 5.51. The van der Waals surface area contributed by atoms with Crippen LogP contribution in [0.1, 0.15) is 63.2 Å². The first-order valence-electron chi connectivity index (χ1n) is 8.01. The molecule has 1 N–H and O–H groups in total. The van der Waals surface area contributed by atoms with Gasteiger partial charge in [0.15, 0.2) is 0 Å². The van der Waals surface area contributed by atoms with E-state index < -0.39 is 6.10 Å². The van der Waals surface area contributed by atoms with Gasteiger partial charge in [0.05, 0.1) is 18.3 Å². The molecular weight excluding hydrogens is 248 g/mol. The summed E-state index contributed by atoms with van der Waals surface area (Å²) in [5, 5.41) is 10.8. The maximum absolute atomic E-state index is 10.8.